The number of aromatic nitrogens is 1. The maximum Gasteiger partial charge on any atom is 0.356 e. The van der Waals surface area contributed by atoms with Gasteiger partial charge in [0.2, 0.25) is 5.91 Å². The summed E-state index contributed by atoms with van der Waals surface area (Å²) in [6.45, 7) is 0. The third-order valence-corrected chi connectivity index (χ3v) is 9.06. The summed E-state index contributed by atoms with van der Waals surface area (Å²) >= 11 is 0. The Morgan fingerprint density at radius 1 is 0.886 bits per heavy atom. The molecule has 3 heterocycles. The Labute approximate surface area is 257 Å². The highest BCUT2D eigenvalue weighted by molar-refractivity contribution is 7.86. The highest BCUT2D eigenvalue weighted by Crippen LogP contribution is 2.37. The number of rotatable bonds is 9. The Balaban J connectivity index is 1.32. The summed E-state index contributed by atoms with van der Waals surface area (Å²) in [5.41, 5.74) is 3.34. The number of nitrogens with zero attached hydrogens (tertiary/aromatic N) is 2. The Kier molecular flexibility index (Phi) is 8.56. The minimum atomic E-state index is -1.60. The molecule has 0 radical (unpaired) electrons. The summed E-state index contributed by atoms with van der Waals surface area (Å²) in [7, 11) is -1.60. The van der Waals surface area contributed by atoms with Crippen LogP contribution in [0.3, 0.4) is 0 Å². The average molecular weight is 604 g/mol. The van der Waals surface area contributed by atoms with E-state index in [9.17, 15) is 18.6 Å². The lowest BCUT2D eigenvalue weighted by Crippen LogP contribution is -2.73. The largest absolute Gasteiger partial charge is 0.448 e. The second-order valence-corrected chi connectivity index (χ2v) is 11.9. The number of carbonyl (C=O) groups excluding carboxylic acids is 3. The predicted molar refractivity (Wildman–Crippen MR) is 167 cm³/mol. The molecule has 220 valence electrons. The van der Waals surface area contributed by atoms with E-state index in [1.54, 1.807) is 30.5 Å². The van der Waals surface area contributed by atoms with Crippen LogP contribution >= 0.6 is 0 Å². The molecule has 1 aromatic heterocycles. The monoisotopic (exact) mass is 603 g/mol. The summed E-state index contributed by atoms with van der Waals surface area (Å²) in [5, 5.41) is 1.84. The predicted octanol–water partition coefficient (Wildman–Crippen LogP) is 4.34. The lowest BCUT2D eigenvalue weighted by atomic mass is 10.00. The van der Waals surface area contributed by atoms with Crippen LogP contribution in [0.15, 0.2) is 133 Å². The van der Waals surface area contributed by atoms with E-state index in [2.05, 4.69) is 10.3 Å². The number of ether oxygens (including phenoxy) is 1. The van der Waals surface area contributed by atoms with Gasteiger partial charge < -0.3 is 10.1 Å². The Hall–Kier alpha value is -5.15. The zero-order valence-corrected chi connectivity index (χ0v) is 24.4. The van der Waals surface area contributed by atoms with Crippen molar-refractivity contribution in [2.24, 2.45) is 0 Å². The van der Waals surface area contributed by atoms with Gasteiger partial charge in [0.1, 0.15) is 17.1 Å². The molecule has 8 nitrogen and oxygen atoms in total. The van der Waals surface area contributed by atoms with Gasteiger partial charge in [0.05, 0.1) is 28.7 Å². The van der Waals surface area contributed by atoms with Crippen molar-refractivity contribution < 1.29 is 23.3 Å². The zero-order chi connectivity index (χ0) is 30.5. The standard InChI is InChI=1S/C35H29N3O5S/c39-29(22-24-12-4-1-5-13-24)37-30-33(40)38-31(27(23-44(42)34(30)38)19-20-28-18-10-11-21-36-28)35(41)43-32(25-14-6-2-7-15-25)26-16-8-3-9-17-26/h1-21,30,32,34H,22-23H2,(H,37,39)/b20-19+/t30?,34-,44?/m1/s1. The first-order chi connectivity index (χ1) is 21.5. The van der Waals surface area contributed by atoms with E-state index < -0.39 is 40.2 Å². The summed E-state index contributed by atoms with van der Waals surface area (Å²) < 4.78 is 19.7. The van der Waals surface area contributed by atoms with Crippen LogP contribution in [0.25, 0.3) is 6.08 Å². The lowest BCUT2D eigenvalue weighted by molar-refractivity contribution is -0.154. The van der Waals surface area contributed by atoms with E-state index >= 15 is 0 Å². The molecule has 0 aliphatic carbocycles. The molecule has 6 rings (SSSR count). The maximum absolute atomic E-state index is 14.1. The van der Waals surface area contributed by atoms with Crippen molar-refractivity contribution in [2.75, 3.05) is 5.75 Å². The number of pyridine rings is 1. The Morgan fingerprint density at radius 3 is 2.11 bits per heavy atom. The molecule has 0 bridgehead atoms. The fourth-order valence-electron chi connectivity index (χ4n) is 5.34. The minimum absolute atomic E-state index is 0.00535. The van der Waals surface area contributed by atoms with Gasteiger partial charge in [-0.3, -0.25) is 23.7 Å². The molecule has 4 aromatic rings. The molecule has 2 unspecified atom stereocenters. The highest BCUT2D eigenvalue weighted by atomic mass is 32.2. The molecular weight excluding hydrogens is 574 g/mol. The van der Waals surface area contributed by atoms with Crippen molar-refractivity contribution in [1.82, 2.24) is 15.2 Å². The van der Waals surface area contributed by atoms with Crippen molar-refractivity contribution in [3.05, 3.63) is 155 Å². The highest BCUT2D eigenvalue weighted by Gasteiger charge is 2.57. The normalized spacial score (nSPS) is 19.4. The van der Waals surface area contributed by atoms with Crippen molar-refractivity contribution >= 4 is 34.7 Å². The van der Waals surface area contributed by atoms with Crippen LogP contribution in [0, 0.1) is 0 Å². The van der Waals surface area contributed by atoms with E-state index in [4.69, 9.17) is 4.74 Å². The first kappa shape index (κ1) is 28.9. The van der Waals surface area contributed by atoms with E-state index in [-0.39, 0.29) is 23.8 Å². The molecule has 9 heteroatoms. The van der Waals surface area contributed by atoms with Crippen LogP contribution in [0.2, 0.25) is 0 Å². The zero-order valence-electron chi connectivity index (χ0n) is 23.6. The van der Waals surface area contributed by atoms with Crippen molar-refractivity contribution in [1.29, 1.82) is 0 Å². The van der Waals surface area contributed by atoms with Gasteiger partial charge in [0.25, 0.3) is 5.91 Å². The number of fused-ring (bicyclic) bond motifs is 1. The summed E-state index contributed by atoms with van der Waals surface area (Å²) in [6, 6.07) is 32.2. The quantitative estimate of drug-likeness (QED) is 0.226. The lowest BCUT2D eigenvalue weighted by Gasteiger charge is -2.49. The van der Waals surface area contributed by atoms with Crippen LogP contribution < -0.4 is 5.32 Å². The first-order valence-corrected chi connectivity index (χ1v) is 15.5. The second-order valence-electron chi connectivity index (χ2n) is 10.4. The molecule has 44 heavy (non-hydrogen) atoms. The number of amides is 2. The minimum Gasteiger partial charge on any atom is -0.448 e. The van der Waals surface area contributed by atoms with Crippen LogP contribution in [-0.4, -0.2) is 49.0 Å². The summed E-state index contributed by atoms with van der Waals surface area (Å²) in [6.07, 6.45) is 4.33. The molecule has 3 aromatic carbocycles. The van der Waals surface area contributed by atoms with Crippen LogP contribution in [-0.2, 0) is 36.3 Å². The number of hydrogen-bond acceptors (Lipinski definition) is 6. The number of carbonyl (C=O) groups is 3. The van der Waals surface area contributed by atoms with Gasteiger partial charge >= 0.3 is 5.97 Å². The van der Waals surface area contributed by atoms with Crippen LogP contribution in [0.4, 0.5) is 0 Å². The molecule has 2 aliphatic heterocycles. The molecule has 1 saturated heterocycles. The smallest absolute Gasteiger partial charge is 0.356 e. The van der Waals surface area contributed by atoms with Gasteiger partial charge in [0.15, 0.2) is 6.10 Å². The second kappa shape index (κ2) is 13.0. The van der Waals surface area contributed by atoms with Gasteiger partial charge in [0, 0.05) is 6.20 Å². The number of β-lactam (4-membered cyclic amide) rings is 1. The third kappa shape index (κ3) is 6.14. The SMILES string of the molecule is O=C(Cc1ccccc1)NC1C(=O)N2C(C(=O)OC(c3ccccc3)c3ccccc3)=C(/C=C/c3ccccn3)CS(=O)[C@H]12. The van der Waals surface area contributed by atoms with E-state index in [1.165, 1.54) is 4.90 Å². The van der Waals surface area contributed by atoms with E-state index in [1.807, 2.05) is 97.1 Å². The van der Waals surface area contributed by atoms with Crippen molar-refractivity contribution in [2.45, 2.75) is 23.9 Å². The van der Waals surface area contributed by atoms with Crippen molar-refractivity contribution in [3.8, 4) is 0 Å². The van der Waals surface area contributed by atoms with Gasteiger partial charge in [-0.05, 0) is 40.5 Å². The van der Waals surface area contributed by atoms with Crippen LogP contribution in [0.5, 0.6) is 0 Å². The number of nitrogens with one attached hydrogen (secondary N) is 1. The van der Waals surface area contributed by atoms with Gasteiger partial charge in [-0.15, -0.1) is 0 Å². The molecule has 1 N–H and O–H groups in total. The molecule has 0 saturated carbocycles. The fourth-order valence-corrected chi connectivity index (χ4v) is 6.98. The average Bonchev–Trinajstić information content (AvgIpc) is 3.06. The number of benzene rings is 3. The maximum atomic E-state index is 14.1. The van der Waals surface area contributed by atoms with E-state index in [0.717, 1.165) is 16.7 Å². The van der Waals surface area contributed by atoms with Gasteiger partial charge in [-0.25, -0.2) is 4.79 Å². The number of allylic oxidation sites excluding steroid dienone is 1. The van der Waals surface area contributed by atoms with Crippen molar-refractivity contribution in [3.63, 3.8) is 0 Å². The molecule has 3 atom stereocenters. The fraction of sp³-hybridized carbons (Fsp3) is 0.143. The molecule has 2 amide bonds. The Bertz CT molecular complexity index is 1710. The van der Waals surface area contributed by atoms with Gasteiger partial charge in [-0.1, -0.05) is 103 Å². The van der Waals surface area contributed by atoms with E-state index in [0.29, 0.717) is 11.3 Å². The topological polar surface area (TPSA) is 106 Å². The Morgan fingerprint density at radius 2 is 1.50 bits per heavy atom. The third-order valence-electron chi connectivity index (χ3n) is 7.45. The summed E-state index contributed by atoms with van der Waals surface area (Å²) in [4.78, 5) is 46.0. The van der Waals surface area contributed by atoms with Crippen LogP contribution in [0.1, 0.15) is 28.5 Å². The number of hydrogen-bond donors (Lipinski definition) is 1. The van der Waals surface area contributed by atoms with Gasteiger partial charge in [-0.2, -0.15) is 0 Å². The number of esters is 1. The molecule has 0 spiro atoms. The molecule has 2 aliphatic rings. The molecular formula is C35H29N3O5S. The summed E-state index contributed by atoms with van der Waals surface area (Å²) in [5.74, 6) is -1.62. The first-order valence-electron chi connectivity index (χ1n) is 14.2. The molecule has 1 fully saturated rings.